The molecule has 1 aromatic heterocycles. The van der Waals surface area contributed by atoms with Gasteiger partial charge in [0.15, 0.2) is 0 Å². The van der Waals surface area contributed by atoms with Crippen molar-refractivity contribution in [2.45, 2.75) is 26.8 Å². The number of nitrogens with zero attached hydrogens (tertiary/aromatic N) is 1. The highest BCUT2D eigenvalue weighted by Crippen LogP contribution is 2.21. The van der Waals surface area contributed by atoms with Crippen LogP contribution in [0.5, 0.6) is 0 Å². The van der Waals surface area contributed by atoms with Crippen LogP contribution in [0.15, 0.2) is 24.3 Å². The Labute approximate surface area is 118 Å². The number of hydrogen-bond acceptors (Lipinski definition) is 4. The van der Waals surface area contributed by atoms with Gasteiger partial charge < -0.3 is 10.1 Å². The predicted molar refractivity (Wildman–Crippen MR) is 80.9 cm³/mol. The van der Waals surface area contributed by atoms with E-state index in [0.29, 0.717) is 0 Å². The van der Waals surface area contributed by atoms with Crippen molar-refractivity contribution < 1.29 is 4.74 Å². The molecule has 0 aliphatic heterocycles. The van der Waals surface area contributed by atoms with Gasteiger partial charge in [-0.1, -0.05) is 18.2 Å². The molecule has 3 nitrogen and oxygen atoms in total. The van der Waals surface area contributed by atoms with Crippen molar-refractivity contribution in [1.29, 1.82) is 0 Å². The maximum atomic E-state index is 5.15. The molecule has 4 heteroatoms. The van der Waals surface area contributed by atoms with Gasteiger partial charge in [-0.15, -0.1) is 11.3 Å². The Hall–Kier alpha value is -1.39. The molecule has 2 rings (SSSR count). The zero-order valence-electron chi connectivity index (χ0n) is 11.7. The quantitative estimate of drug-likeness (QED) is 0.876. The van der Waals surface area contributed by atoms with E-state index in [1.807, 2.05) is 6.92 Å². The van der Waals surface area contributed by atoms with Crippen molar-refractivity contribution in [3.63, 3.8) is 0 Å². The second kappa shape index (κ2) is 6.68. The van der Waals surface area contributed by atoms with Gasteiger partial charge in [0.2, 0.25) is 0 Å². The first-order chi connectivity index (χ1) is 9.20. The van der Waals surface area contributed by atoms with Crippen LogP contribution in [-0.4, -0.2) is 18.7 Å². The van der Waals surface area contributed by atoms with E-state index in [1.165, 1.54) is 16.1 Å². The molecule has 1 heterocycles. The number of anilines is 1. The van der Waals surface area contributed by atoms with Gasteiger partial charge in [0.1, 0.15) is 0 Å². The average molecular weight is 276 g/mol. The van der Waals surface area contributed by atoms with Crippen molar-refractivity contribution in [2.75, 3.05) is 19.0 Å². The van der Waals surface area contributed by atoms with Crippen LogP contribution < -0.4 is 5.32 Å². The zero-order chi connectivity index (χ0) is 13.7. The highest BCUT2D eigenvalue weighted by molar-refractivity contribution is 7.11. The van der Waals surface area contributed by atoms with Gasteiger partial charge in [0, 0.05) is 17.7 Å². The maximum absolute atomic E-state index is 5.15. The van der Waals surface area contributed by atoms with E-state index in [9.17, 15) is 0 Å². The third kappa shape index (κ3) is 3.78. The summed E-state index contributed by atoms with van der Waals surface area (Å²) in [5.74, 6) is 0. The molecule has 0 unspecified atom stereocenters. The largest absolute Gasteiger partial charge is 0.384 e. The topological polar surface area (TPSA) is 34.1 Å². The van der Waals surface area contributed by atoms with E-state index in [2.05, 4.69) is 41.5 Å². The first-order valence-corrected chi connectivity index (χ1v) is 7.26. The number of para-hydroxylation sites is 1. The molecule has 0 saturated heterocycles. The highest BCUT2D eigenvalue weighted by Gasteiger charge is 2.06. The Morgan fingerprint density at radius 3 is 2.74 bits per heavy atom. The monoisotopic (exact) mass is 276 g/mol. The molecule has 0 amide bonds. The number of aromatic nitrogens is 1. The number of hydrogen-bond donors (Lipinski definition) is 1. The summed E-state index contributed by atoms with van der Waals surface area (Å²) in [6.45, 7) is 5.70. The number of rotatable bonds is 6. The summed E-state index contributed by atoms with van der Waals surface area (Å²) in [4.78, 5) is 5.76. The molecule has 0 aliphatic carbocycles. The lowest BCUT2D eigenvalue weighted by molar-refractivity contribution is 0.202. The lowest BCUT2D eigenvalue weighted by atomic mass is 10.1. The van der Waals surface area contributed by atoms with Crippen molar-refractivity contribution in [1.82, 2.24) is 4.98 Å². The standard InChI is InChI=1S/C15H20N2OS/c1-11-15(19-12(2)17-11)10-16-14-7-5-4-6-13(14)8-9-18-3/h4-7,16H,8-10H2,1-3H3. The fourth-order valence-electron chi connectivity index (χ4n) is 2.04. The van der Waals surface area contributed by atoms with Crippen LogP contribution in [0.25, 0.3) is 0 Å². The maximum Gasteiger partial charge on any atom is 0.0900 e. The van der Waals surface area contributed by atoms with Gasteiger partial charge in [-0.3, -0.25) is 0 Å². The fourth-order valence-corrected chi connectivity index (χ4v) is 2.91. The summed E-state index contributed by atoms with van der Waals surface area (Å²) in [6, 6.07) is 8.39. The molecule has 0 fully saturated rings. The Morgan fingerprint density at radius 2 is 2.05 bits per heavy atom. The third-order valence-electron chi connectivity index (χ3n) is 3.03. The van der Waals surface area contributed by atoms with Gasteiger partial charge in [-0.05, 0) is 31.9 Å². The minimum Gasteiger partial charge on any atom is -0.384 e. The molecule has 1 N–H and O–H groups in total. The summed E-state index contributed by atoms with van der Waals surface area (Å²) in [5.41, 5.74) is 3.61. The smallest absolute Gasteiger partial charge is 0.0900 e. The van der Waals surface area contributed by atoms with Gasteiger partial charge >= 0.3 is 0 Å². The van der Waals surface area contributed by atoms with Gasteiger partial charge in [-0.25, -0.2) is 4.98 Å². The Bertz CT molecular complexity index is 537. The number of thiazole rings is 1. The number of nitrogens with one attached hydrogen (secondary N) is 1. The van der Waals surface area contributed by atoms with E-state index in [4.69, 9.17) is 4.74 Å². The molecular formula is C15H20N2OS. The van der Waals surface area contributed by atoms with Crippen molar-refractivity contribution >= 4 is 17.0 Å². The van der Waals surface area contributed by atoms with Crippen molar-refractivity contribution in [2.24, 2.45) is 0 Å². The minimum atomic E-state index is 0.747. The highest BCUT2D eigenvalue weighted by atomic mass is 32.1. The minimum absolute atomic E-state index is 0.747. The lowest BCUT2D eigenvalue weighted by Crippen LogP contribution is -2.04. The fraction of sp³-hybridized carbons (Fsp3) is 0.400. The molecule has 0 bridgehead atoms. The van der Waals surface area contributed by atoms with Crippen LogP contribution in [0, 0.1) is 13.8 Å². The van der Waals surface area contributed by atoms with E-state index in [1.54, 1.807) is 18.4 Å². The molecule has 0 radical (unpaired) electrons. The van der Waals surface area contributed by atoms with Gasteiger partial charge in [0.05, 0.1) is 23.9 Å². The number of benzene rings is 1. The van der Waals surface area contributed by atoms with Crippen LogP contribution in [0.3, 0.4) is 0 Å². The van der Waals surface area contributed by atoms with E-state index in [-0.39, 0.29) is 0 Å². The second-order valence-electron chi connectivity index (χ2n) is 4.49. The summed E-state index contributed by atoms with van der Waals surface area (Å²) >= 11 is 1.76. The summed E-state index contributed by atoms with van der Waals surface area (Å²) in [7, 11) is 1.74. The molecule has 1 aromatic carbocycles. The average Bonchev–Trinajstić information content (AvgIpc) is 2.73. The van der Waals surface area contributed by atoms with Crippen molar-refractivity contribution in [3.05, 3.63) is 45.4 Å². The SMILES string of the molecule is COCCc1ccccc1NCc1sc(C)nc1C. The lowest BCUT2D eigenvalue weighted by Gasteiger charge is -2.11. The van der Waals surface area contributed by atoms with Crippen LogP contribution in [0.1, 0.15) is 21.1 Å². The molecule has 102 valence electrons. The third-order valence-corrected chi connectivity index (χ3v) is 4.10. The second-order valence-corrected chi connectivity index (χ2v) is 5.78. The molecule has 0 atom stereocenters. The van der Waals surface area contributed by atoms with Crippen LogP contribution >= 0.6 is 11.3 Å². The summed E-state index contributed by atoms with van der Waals surface area (Å²) in [5, 5.41) is 4.63. The zero-order valence-corrected chi connectivity index (χ0v) is 12.5. The Kier molecular flexibility index (Phi) is 4.93. The van der Waals surface area contributed by atoms with Crippen molar-refractivity contribution in [3.8, 4) is 0 Å². The molecule has 2 aromatic rings. The van der Waals surface area contributed by atoms with Crippen LogP contribution in [0.4, 0.5) is 5.69 Å². The van der Waals surface area contributed by atoms with Crippen LogP contribution in [0.2, 0.25) is 0 Å². The first kappa shape index (κ1) is 14.0. The number of methoxy groups -OCH3 is 1. The van der Waals surface area contributed by atoms with Crippen LogP contribution in [-0.2, 0) is 17.7 Å². The van der Waals surface area contributed by atoms with E-state index >= 15 is 0 Å². The Balaban J connectivity index is 2.04. The van der Waals surface area contributed by atoms with E-state index < -0.39 is 0 Å². The molecule has 0 spiro atoms. The van der Waals surface area contributed by atoms with E-state index in [0.717, 1.165) is 30.3 Å². The summed E-state index contributed by atoms with van der Waals surface area (Å²) in [6.07, 6.45) is 0.931. The Morgan fingerprint density at radius 1 is 1.26 bits per heavy atom. The normalized spacial score (nSPS) is 10.7. The molecule has 19 heavy (non-hydrogen) atoms. The molecule has 0 saturated carbocycles. The van der Waals surface area contributed by atoms with Gasteiger partial charge in [-0.2, -0.15) is 0 Å². The number of aryl methyl sites for hydroxylation is 2. The number of ether oxygens (including phenoxy) is 1. The first-order valence-electron chi connectivity index (χ1n) is 6.44. The predicted octanol–water partition coefficient (Wildman–Crippen LogP) is 3.56. The summed E-state index contributed by atoms with van der Waals surface area (Å²) < 4.78 is 5.15. The molecule has 0 aliphatic rings. The van der Waals surface area contributed by atoms with Gasteiger partial charge in [0.25, 0.3) is 0 Å². The molecular weight excluding hydrogens is 256 g/mol.